The van der Waals surface area contributed by atoms with E-state index in [0.717, 1.165) is 21.9 Å². The van der Waals surface area contributed by atoms with Crippen molar-refractivity contribution in [2.75, 3.05) is 0 Å². The lowest BCUT2D eigenvalue weighted by Gasteiger charge is -2.02. The molecule has 0 fully saturated rings. The molecular formula is C12H9BrN4. The highest BCUT2D eigenvalue weighted by Crippen LogP contribution is 2.15. The van der Waals surface area contributed by atoms with Gasteiger partial charge in [-0.3, -0.25) is 4.57 Å². The summed E-state index contributed by atoms with van der Waals surface area (Å²) in [5.41, 5.74) is 3.01. The van der Waals surface area contributed by atoms with Crippen LogP contribution in [0.15, 0.2) is 43.0 Å². The van der Waals surface area contributed by atoms with Crippen LogP contribution in [0.5, 0.6) is 0 Å². The Labute approximate surface area is 106 Å². The van der Waals surface area contributed by atoms with Gasteiger partial charge in [0.2, 0.25) is 5.95 Å². The predicted molar refractivity (Wildman–Crippen MR) is 69.3 cm³/mol. The first-order valence-electron chi connectivity index (χ1n) is 5.18. The van der Waals surface area contributed by atoms with E-state index in [1.807, 2.05) is 41.2 Å². The van der Waals surface area contributed by atoms with Crippen molar-refractivity contribution in [3.8, 4) is 5.95 Å². The molecule has 84 valence electrons. The summed E-state index contributed by atoms with van der Waals surface area (Å²) in [4.78, 5) is 13.0. The Bertz CT molecular complexity index is 645. The minimum absolute atomic E-state index is 0.642. The van der Waals surface area contributed by atoms with Gasteiger partial charge in [-0.25, -0.2) is 15.0 Å². The molecule has 0 saturated carbocycles. The number of fused-ring (bicyclic) bond motifs is 1. The summed E-state index contributed by atoms with van der Waals surface area (Å²) in [7, 11) is 0. The van der Waals surface area contributed by atoms with Crippen molar-refractivity contribution in [2.45, 2.75) is 5.33 Å². The SMILES string of the molecule is BrCc1cnc(-n2cnc3ccccc32)nc1. The van der Waals surface area contributed by atoms with Crippen molar-refractivity contribution < 1.29 is 0 Å². The molecule has 0 N–H and O–H groups in total. The molecule has 1 aromatic carbocycles. The number of para-hydroxylation sites is 2. The molecule has 0 aliphatic heterocycles. The van der Waals surface area contributed by atoms with Gasteiger partial charge in [0, 0.05) is 17.7 Å². The van der Waals surface area contributed by atoms with Crippen LogP contribution in [0.25, 0.3) is 17.0 Å². The third-order valence-corrected chi connectivity index (χ3v) is 3.16. The van der Waals surface area contributed by atoms with Crippen LogP contribution in [0.4, 0.5) is 0 Å². The number of imidazole rings is 1. The maximum absolute atomic E-state index is 4.32. The van der Waals surface area contributed by atoms with Crippen LogP contribution in [0.2, 0.25) is 0 Å². The largest absolute Gasteiger partial charge is 0.267 e. The molecule has 17 heavy (non-hydrogen) atoms. The van der Waals surface area contributed by atoms with Crippen LogP contribution < -0.4 is 0 Å². The summed E-state index contributed by atoms with van der Waals surface area (Å²) in [6.07, 6.45) is 5.37. The van der Waals surface area contributed by atoms with Crippen LogP contribution in [0.1, 0.15) is 5.56 Å². The molecule has 0 amide bonds. The Morgan fingerprint density at radius 1 is 1.06 bits per heavy atom. The average molecular weight is 289 g/mol. The number of benzene rings is 1. The summed E-state index contributed by atoms with van der Waals surface area (Å²) < 4.78 is 1.88. The van der Waals surface area contributed by atoms with Crippen molar-refractivity contribution in [2.24, 2.45) is 0 Å². The van der Waals surface area contributed by atoms with Crippen molar-refractivity contribution >= 4 is 27.0 Å². The first-order chi connectivity index (χ1) is 8.38. The van der Waals surface area contributed by atoms with Gasteiger partial charge in [0.05, 0.1) is 11.0 Å². The number of halogens is 1. The molecule has 0 saturated heterocycles. The standard InChI is InChI=1S/C12H9BrN4/c13-5-9-6-14-12(15-7-9)17-8-16-10-3-1-2-4-11(10)17/h1-4,6-8H,5H2. The van der Waals surface area contributed by atoms with Crippen molar-refractivity contribution in [1.82, 2.24) is 19.5 Å². The Balaban J connectivity index is 2.13. The summed E-state index contributed by atoms with van der Waals surface area (Å²) in [6.45, 7) is 0. The molecule has 0 bridgehead atoms. The maximum Gasteiger partial charge on any atom is 0.235 e. The van der Waals surface area contributed by atoms with Gasteiger partial charge in [-0.05, 0) is 17.7 Å². The van der Waals surface area contributed by atoms with Crippen LogP contribution in [0.3, 0.4) is 0 Å². The maximum atomic E-state index is 4.32. The fourth-order valence-corrected chi connectivity index (χ4v) is 1.95. The molecule has 2 aromatic heterocycles. The quantitative estimate of drug-likeness (QED) is 0.681. The fraction of sp³-hybridized carbons (Fsp3) is 0.0833. The number of alkyl halides is 1. The zero-order valence-electron chi connectivity index (χ0n) is 8.92. The first-order valence-corrected chi connectivity index (χ1v) is 6.30. The highest BCUT2D eigenvalue weighted by molar-refractivity contribution is 9.08. The van der Waals surface area contributed by atoms with Gasteiger partial charge in [0.15, 0.2) is 0 Å². The number of rotatable bonds is 2. The average Bonchev–Trinajstić information content (AvgIpc) is 2.83. The molecule has 0 unspecified atom stereocenters. The predicted octanol–water partition coefficient (Wildman–Crippen LogP) is 2.71. The second-order valence-electron chi connectivity index (χ2n) is 3.63. The van der Waals surface area contributed by atoms with Gasteiger partial charge < -0.3 is 0 Å². The van der Waals surface area contributed by atoms with Crippen molar-refractivity contribution in [3.05, 3.63) is 48.5 Å². The molecule has 5 heteroatoms. The molecule has 0 aliphatic carbocycles. The van der Waals surface area contributed by atoms with E-state index in [9.17, 15) is 0 Å². The molecule has 4 nitrogen and oxygen atoms in total. The monoisotopic (exact) mass is 288 g/mol. The summed E-state index contributed by atoms with van der Waals surface area (Å²) in [6, 6.07) is 7.92. The Hall–Kier alpha value is -1.75. The van der Waals surface area contributed by atoms with E-state index in [-0.39, 0.29) is 0 Å². The minimum Gasteiger partial charge on any atom is -0.267 e. The van der Waals surface area contributed by atoms with Crippen molar-refractivity contribution in [1.29, 1.82) is 0 Å². The lowest BCUT2D eigenvalue weighted by Crippen LogP contribution is -1.99. The van der Waals surface area contributed by atoms with Gasteiger partial charge in [0.1, 0.15) is 6.33 Å². The topological polar surface area (TPSA) is 43.6 Å². The van der Waals surface area contributed by atoms with E-state index in [4.69, 9.17) is 0 Å². The Kier molecular flexibility index (Phi) is 2.60. The zero-order valence-corrected chi connectivity index (χ0v) is 10.5. The highest BCUT2D eigenvalue weighted by atomic mass is 79.9. The molecule has 3 rings (SSSR count). The zero-order chi connectivity index (χ0) is 11.7. The molecule has 0 spiro atoms. The minimum atomic E-state index is 0.642. The molecule has 0 atom stereocenters. The highest BCUT2D eigenvalue weighted by Gasteiger charge is 2.05. The van der Waals surface area contributed by atoms with Gasteiger partial charge in [-0.2, -0.15) is 0 Å². The van der Waals surface area contributed by atoms with Crippen LogP contribution >= 0.6 is 15.9 Å². The van der Waals surface area contributed by atoms with E-state index < -0.39 is 0 Å². The van der Waals surface area contributed by atoms with E-state index >= 15 is 0 Å². The molecular weight excluding hydrogens is 280 g/mol. The van der Waals surface area contributed by atoms with E-state index in [1.54, 1.807) is 6.33 Å². The molecule has 0 aliphatic rings. The van der Waals surface area contributed by atoms with Gasteiger partial charge in [0.25, 0.3) is 0 Å². The first kappa shape index (κ1) is 10.4. The van der Waals surface area contributed by atoms with Crippen LogP contribution in [-0.2, 0) is 5.33 Å². The lowest BCUT2D eigenvalue weighted by atomic mass is 10.3. The van der Waals surface area contributed by atoms with E-state index in [2.05, 4.69) is 30.9 Å². The number of nitrogens with zero attached hydrogens (tertiary/aromatic N) is 4. The van der Waals surface area contributed by atoms with Gasteiger partial charge in [-0.1, -0.05) is 28.1 Å². The third kappa shape index (κ3) is 1.82. The van der Waals surface area contributed by atoms with Crippen LogP contribution in [0, 0.1) is 0 Å². The smallest absolute Gasteiger partial charge is 0.235 e. The summed E-state index contributed by atoms with van der Waals surface area (Å²) in [5, 5.41) is 0.762. The van der Waals surface area contributed by atoms with E-state index in [1.165, 1.54) is 0 Å². The second-order valence-corrected chi connectivity index (χ2v) is 4.19. The third-order valence-electron chi connectivity index (χ3n) is 2.52. The number of aromatic nitrogens is 4. The Morgan fingerprint density at radius 2 is 1.82 bits per heavy atom. The number of hydrogen-bond acceptors (Lipinski definition) is 3. The second kappa shape index (κ2) is 4.25. The van der Waals surface area contributed by atoms with E-state index in [0.29, 0.717) is 5.95 Å². The lowest BCUT2D eigenvalue weighted by molar-refractivity contribution is 0.939. The number of hydrogen-bond donors (Lipinski definition) is 0. The molecule has 3 aromatic rings. The Morgan fingerprint density at radius 3 is 2.59 bits per heavy atom. The summed E-state index contributed by atoms with van der Waals surface area (Å²) >= 11 is 3.37. The normalized spacial score (nSPS) is 10.9. The summed E-state index contributed by atoms with van der Waals surface area (Å²) in [5.74, 6) is 0.642. The van der Waals surface area contributed by atoms with Crippen LogP contribution in [-0.4, -0.2) is 19.5 Å². The fourth-order valence-electron chi connectivity index (χ4n) is 1.66. The molecule has 0 radical (unpaired) electrons. The molecule has 2 heterocycles. The van der Waals surface area contributed by atoms with Crippen molar-refractivity contribution in [3.63, 3.8) is 0 Å². The van der Waals surface area contributed by atoms with Gasteiger partial charge >= 0.3 is 0 Å². The van der Waals surface area contributed by atoms with Gasteiger partial charge in [-0.15, -0.1) is 0 Å².